The van der Waals surface area contributed by atoms with Crippen LogP contribution in [0.1, 0.15) is 11.4 Å². The lowest BCUT2D eigenvalue weighted by molar-refractivity contribution is -0.647. The summed E-state index contributed by atoms with van der Waals surface area (Å²) >= 11 is 0. The number of aromatic nitrogens is 4. The predicted molar refractivity (Wildman–Crippen MR) is 79.6 cm³/mol. The van der Waals surface area contributed by atoms with Crippen molar-refractivity contribution < 1.29 is 26.4 Å². The van der Waals surface area contributed by atoms with E-state index in [0.717, 1.165) is 17.7 Å². The number of nitrogens with zero attached hydrogens (tertiary/aromatic N) is 4. The number of hydrogen-bond acceptors (Lipinski definition) is 4. The zero-order chi connectivity index (χ0) is 14.8. The van der Waals surface area contributed by atoms with Crippen molar-refractivity contribution in [1.82, 2.24) is 14.5 Å². The van der Waals surface area contributed by atoms with Gasteiger partial charge in [-0.2, -0.15) is 4.98 Å². The molecule has 1 N–H and O–H groups in total. The van der Waals surface area contributed by atoms with Gasteiger partial charge in [-0.05, 0) is 5.56 Å². The van der Waals surface area contributed by atoms with Crippen LogP contribution in [0.2, 0.25) is 0 Å². The van der Waals surface area contributed by atoms with Crippen LogP contribution in [0.5, 0.6) is 0 Å². The highest BCUT2D eigenvalue weighted by Crippen LogP contribution is 2.19. The van der Waals surface area contributed by atoms with E-state index in [-0.39, 0.29) is 17.0 Å². The maximum absolute atomic E-state index is 5.04. The minimum absolute atomic E-state index is 0. The van der Waals surface area contributed by atoms with Gasteiger partial charge < -0.3 is 17.0 Å². The highest BCUT2D eigenvalue weighted by atomic mass is 79.9. The van der Waals surface area contributed by atoms with Gasteiger partial charge in [0, 0.05) is 6.92 Å². The number of nitrogens with one attached hydrogen (secondary N) is 1. The van der Waals surface area contributed by atoms with E-state index in [1.54, 1.807) is 7.11 Å². The average molecular weight is 364 g/mol. The third-order valence-electron chi connectivity index (χ3n) is 3.31. The van der Waals surface area contributed by atoms with Gasteiger partial charge in [0.15, 0.2) is 12.1 Å². The maximum atomic E-state index is 5.04. The first-order valence-corrected chi connectivity index (χ1v) is 6.75. The summed E-state index contributed by atoms with van der Waals surface area (Å²) in [5.74, 6) is 1.38. The Morgan fingerprint density at radius 2 is 1.95 bits per heavy atom. The minimum atomic E-state index is 0. The SMILES string of the molecule is CONc1nc(C)nc2c1n(Cc1ccccc1)c[n+]2C.[Br-]. The van der Waals surface area contributed by atoms with E-state index >= 15 is 0 Å². The molecule has 0 amide bonds. The van der Waals surface area contributed by atoms with Crippen LogP contribution in [-0.2, 0) is 18.4 Å². The number of rotatable bonds is 4. The van der Waals surface area contributed by atoms with E-state index in [1.165, 1.54) is 5.56 Å². The Bertz CT molecular complexity index is 772. The molecule has 0 aliphatic carbocycles. The van der Waals surface area contributed by atoms with Gasteiger partial charge in [0.05, 0.1) is 20.7 Å². The third kappa shape index (κ3) is 3.10. The molecule has 0 bridgehead atoms. The lowest BCUT2D eigenvalue weighted by Crippen LogP contribution is -3.00. The van der Waals surface area contributed by atoms with E-state index in [0.29, 0.717) is 11.6 Å². The Morgan fingerprint density at radius 3 is 2.64 bits per heavy atom. The molecule has 0 saturated heterocycles. The number of benzene rings is 1. The van der Waals surface area contributed by atoms with Crippen molar-refractivity contribution in [2.75, 3.05) is 12.6 Å². The molecule has 0 radical (unpaired) electrons. The minimum Gasteiger partial charge on any atom is -1.00 e. The van der Waals surface area contributed by atoms with Gasteiger partial charge in [0.25, 0.3) is 0 Å². The van der Waals surface area contributed by atoms with Crippen molar-refractivity contribution >= 4 is 17.0 Å². The Hall–Kier alpha value is -1.99. The molecule has 0 fully saturated rings. The van der Waals surface area contributed by atoms with Crippen LogP contribution in [-0.4, -0.2) is 21.6 Å². The monoisotopic (exact) mass is 363 g/mol. The lowest BCUT2D eigenvalue weighted by Gasteiger charge is -2.04. The molecule has 7 heteroatoms. The first kappa shape index (κ1) is 16.4. The fraction of sp³-hybridized carbons (Fsp3) is 0.267. The van der Waals surface area contributed by atoms with Crippen molar-refractivity contribution in [3.05, 3.63) is 48.0 Å². The standard InChI is InChI=1S/C15H18N5O.BrH/c1-11-16-14(18-21-3)13-15(17-11)19(2)10-20(13)9-12-7-5-4-6-8-12;/h4-8,10H,9H2,1-3H3,(H,16,17,18);1H/q+1;/p-1. The molecule has 0 atom stereocenters. The van der Waals surface area contributed by atoms with E-state index in [4.69, 9.17) is 4.84 Å². The maximum Gasteiger partial charge on any atom is 0.307 e. The number of imidazole rings is 1. The smallest absolute Gasteiger partial charge is 0.307 e. The summed E-state index contributed by atoms with van der Waals surface area (Å²) in [6.45, 7) is 2.62. The topological polar surface area (TPSA) is 55.9 Å². The number of aryl methyl sites for hydroxylation is 2. The molecule has 22 heavy (non-hydrogen) atoms. The zero-order valence-electron chi connectivity index (χ0n) is 12.7. The molecule has 0 aliphatic heterocycles. The molecule has 0 aliphatic rings. The summed E-state index contributed by atoms with van der Waals surface area (Å²) in [4.78, 5) is 14.0. The molecule has 0 unspecified atom stereocenters. The van der Waals surface area contributed by atoms with Gasteiger partial charge in [0.2, 0.25) is 11.3 Å². The van der Waals surface area contributed by atoms with Crippen LogP contribution in [0, 0.1) is 6.92 Å². The quantitative estimate of drug-likeness (QED) is 0.457. The summed E-state index contributed by atoms with van der Waals surface area (Å²) in [6, 6.07) is 10.3. The van der Waals surface area contributed by atoms with E-state index in [2.05, 4.69) is 32.1 Å². The molecule has 0 saturated carbocycles. The van der Waals surface area contributed by atoms with E-state index in [1.807, 2.05) is 43.1 Å². The second-order valence-corrected chi connectivity index (χ2v) is 4.94. The molecular weight excluding hydrogens is 346 g/mol. The molecule has 3 aromatic rings. The van der Waals surface area contributed by atoms with Crippen LogP contribution >= 0.6 is 0 Å². The van der Waals surface area contributed by atoms with Crippen molar-refractivity contribution in [2.24, 2.45) is 7.05 Å². The highest BCUT2D eigenvalue weighted by Gasteiger charge is 2.21. The van der Waals surface area contributed by atoms with E-state index < -0.39 is 0 Å². The van der Waals surface area contributed by atoms with Crippen molar-refractivity contribution in [1.29, 1.82) is 0 Å². The highest BCUT2D eigenvalue weighted by molar-refractivity contribution is 5.80. The fourth-order valence-corrected chi connectivity index (χ4v) is 2.45. The van der Waals surface area contributed by atoms with Crippen LogP contribution in [0.25, 0.3) is 11.2 Å². The van der Waals surface area contributed by atoms with Crippen molar-refractivity contribution in [3.8, 4) is 0 Å². The Labute approximate surface area is 139 Å². The zero-order valence-corrected chi connectivity index (χ0v) is 14.3. The molecule has 0 spiro atoms. The number of halogens is 1. The van der Waals surface area contributed by atoms with Gasteiger partial charge in [-0.15, -0.1) is 0 Å². The Balaban J connectivity index is 0.00000176. The molecule has 2 aromatic heterocycles. The predicted octanol–water partition coefficient (Wildman–Crippen LogP) is -1.41. The third-order valence-corrected chi connectivity index (χ3v) is 3.31. The van der Waals surface area contributed by atoms with E-state index in [9.17, 15) is 0 Å². The van der Waals surface area contributed by atoms with Crippen LogP contribution < -0.4 is 27.0 Å². The average Bonchev–Trinajstić information content (AvgIpc) is 2.77. The molecule has 116 valence electrons. The summed E-state index contributed by atoms with van der Waals surface area (Å²) in [7, 11) is 3.56. The second-order valence-electron chi connectivity index (χ2n) is 4.94. The molecular formula is C15H18BrN5O. The van der Waals surface area contributed by atoms with Crippen LogP contribution in [0.4, 0.5) is 5.82 Å². The molecule has 2 heterocycles. The largest absolute Gasteiger partial charge is 1.00 e. The van der Waals surface area contributed by atoms with Crippen LogP contribution in [0.15, 0.2) is 36.7 Å². The number of anilines is 1. The van der Waals surface area contributed by atoms with Gasteiger partial charge >= 0.3 is 5.65 Å². The van der Waals surface area contributed by atoms with Gasteiger partial charge in [-0.25, -0.2) is 10.0 Å². The summed E-state index contributed by atoms with van der Waals surface area (Å²) in [5.41, 5.74) is 5.86. The molecule has 3 rings (SSSR count). The van der Waals surface area contributed by atoms with Gasteiger partial charge in [-0.3, -0.25) is 9.40 Å². The summed E-state index contributed by atoms with van der Waals surface area (Å²) in [6.07, 6.45) is 2.02. The number of hydrogen-bond donors (Lipinski definition) is 1. The van der Waals surface area contributed by atoms with Crippen molar-refractivity contribution in [2.45, 2.75) is 13.5 Å². The summed E-state index contributed by atoms with van der Waals surface area (Å²) < 4.78 is 4.11. The first-order chi connectivity index (χ1) is 10.2. The Morgan fingerprint density at radius 1 is 1.23 bits per heavy atom. The van der Waals surface area contributed by atoms with Crippen molar-refractivity contribution in [3.63, 3.8) is 0 Å². The Kier molecular flexibility index (Phi) is 5.10. The summed E-state index contributed by atoms with van der Waals surface area (Å²) in [5, 5.41) is 0. The molecule has 1 aromatic carbocycles. The second kappa shape index (κ2) is 6.85. The number of fused-ring (bicyclic) bond motifs is 1. The normalized spacial score (nSPS) is 10.5. The van der Waals surface area contributed by atoms with Gasteiger partial charge in [-0.1, -0.05) is 35.3 Å². The molecule has 6 nitrogen and oxygen atoms in total. The lowest BCUT2D eigenvalue weighted by atomic mass is 10.2. The fourth-order valence-electron chi connectivity index (χ4n) is 2.45. The first-order valence-electron chi connectivity index (χ1n) is 6.75. The van der Waals surface area contributed by atoms with Crippen LogP contribution in [0.3, 0.4) is 0 Å². The van der Waals surface area contributed by atoms with Gasteiger partial charge in [0.1, 0.15) is 0 Å².